The zero-order valence-electron chi connectivity index (χ0n) is 13.9. The third-order valence-electron chi connectivity index (χ3n) is 4.32. The van der Waals surface area contributed by atoms with Crippen LogP contribution in [0, 0.1) is 5.82 Å². The third kappa shape index (κ3) is 3.15. The van der Waals surface area contributed by atoms with Crippen LogP contribution in [0.4, 0.5) is 22.0 Å². The molecule has 0 radical (unpaired) electrons. The van der Waals surface area contributed by atoms with Crippen LogP contribution in [-0.2, 0) is 13.0 Å². The van der Waals surface area contributed by atoms with Crippen molar-refractivity contribution in [2.24, 2.45) is 0 Å². The molecule has 0 fully saturated rings. The first-order valence-electron chi connectivity index (χ1n) is 8.25. The summed E-state index contributed by atoms with van der Waals surface area (Å²) < 4.78 is 13.3. The van der Waals surface area contributed by atoms with Gasteiger partial charge >= 0.3 is 0 Å². The highest BCUT2D eigenvalue weighted by molar-refractivity contribution is 5.67. The van der Waals surface area contributed by atoms with E-state index in [1.165, 1.54) is 24.0 Å². The Morgan fingerprint density at radius 2 is 2.04 bits per heavy atom. The molecule has 1 unspecified atom stereocenters. The fourth-order valence-electron chi connectivity index (χ4n) is 3.19. The first kappa shape index (κ1) is 15.5. The van der Waals surface area contributed by atoms with Crippen molar-refractivity contribution in [2.45, 2.75) is 25.9 Å². The summed E-state index contributed by atoms with van der Waals surface area (Å²) in [5, 5.41) is 3.14. The van der Waals surface area contributed by atoms with Crippen LogP contribution in [0.1, 0.15) is 18.1 Å². The largest absolute Gasteiger partial charge is 0.350 e. The number of hydrogen-bond donors (Lipinski definition) is 1. The maximum Gasteiger partial charge on any atom is 0.234 e. The van der Waals surface area contributed by atoms with Crippen LogP contribution in [0.5, 0.6) is 0 Å². The Bertz CT molecular complexity index is 898. The zero-order chi connectivity index (χ0) is 17.2. The third-order valence-corrected chi connectivity index (χ3v) is 4.32. The first-order valence-corrected chi connectivity index (χ1v) is 8.25. The van der Waals surface area contributed by atoms with E-state index in [4.69, 9.17) is 0 Å². The van der Waals surface area contributed by atoms with Gasteiger partial charge in [0, 0.05) is 18.3 Å². The number of rotatable bonds is 4. The van der Waals surface area contributed by atoms with E-state index in [1.807, 2.05) is 12.1 Å². The van der Waals surface area contributed by atoms with Crippen LogP contribution >= 0.6 is 0 Å². The summed E-state index contributed by atoms with van der Waals surface area (Å²) in [7, 11) is 0. The average molecular weight is 335 g/mol. The SMILES string of the molecule is CC1Cc2ccccc2N1c1ncnc(NCc2cccc(F)c2)n1. The van der Waals surface area contributed by atoms with Crippen molar-refractivity contribution in [2.75, 3.05) is 10.2 Å². The van der Waals surface area contributed by atoms with E-state index in [2.05, 4.69) is 50.3 Å². The molecule has 1 atom stereocenters. The summed E-state index contributed by atoms with van der Waals surface area (Å²) in [4.78, 5) is 15.2. The van der Waals surface area contributed by atoms with Gasteiger partial charge in [-0.05, 0) is 42.7 Å². The van der Waals surface area contributed by atoms with Crippen LogP contribution in [0.2, 0.25) is 0 Å². The molecule has 0 saturated heterocycles. The Morgan fingerprint density at radius 1 is 1.16 bits per heavy atom. The van der Waals surface area contributed by atoms with Crippen molar-refractivity contribution >= 4 is 17.6 Å². The second-order valence-electron chi connectivity index (χ2n) is 6.14. The molecule has 0 saturated carbocycles. The van der Waals surface area contributed by atoms with Crippen LogP contribution in [-0.4, -0.2) is 21.0 Å². The number of benzene rings is 2. The number of fused-ring (bicyclic) bond motifs is 1. The van der Waals surface area contributed by atoms with Crippen molar-refractivity contribution in [3.63, 3.8) is 0 Å². The Labute approximate surface area is 145 Å². The van der Waals surface area contributed by atoms with E-state index in [0.717, 1.165) is 17.7 Å². The minimum absolute atomic E-state index is 0.252. The molecule has 3 aromatic rings. The van der Waals surface area contributed by atoms with Gasteiger partial charge in [-0.3, -0.25) is 0 Å². The predicted molar refractivity (Wildman–Crippen MR) is 95.3 cm³/mol. The van der Waals surface area contributed by atoms with Crippen molar-refractivity contribution < 1.29 is 4.39 Å². The van der Waals surface area contributed by atoms with Crippen LogP contribution in [0.15, 0.2) is 54.9 Å². The van der Waals surface area contributed by atoms with Crippen LogP contribution < -0.4 is 10.2 Å². The molecule has 0 aliphatic carbocycles. The van der Waals surface area contributed by atoms with Gasteiger partial charge < -0.3 is 10.2 Å². The van der Waals surface area contributed by atoms with Crippen LogP contribution in [0.25, 0.3) is 0 Å². The molecule has 1 N–H and O–H groups in total. The molecule has 2 aromatic carbocycles. The van der Waals surface area contributed by atoms with Gasteiger partial charge in [0.05, 0.1) is 0 Å². The molecule has 126 valence electrons. The molecular weight excluding hydrogens is 317 g/mol. The Morgan fingerprint density at radius 3 is 2.92 bits per heavy atom. The summed E-state index contributed by atoms with van der Waals surface area (Å²) in [5.74, 6) is 0.846. The summed E-state index contributed by atoms with van der Waals surface area (Å²) in [5.41, 5.74) is 3.27. The quantitative estimate of drug-likeness (QED) is 0.788. The highest BCUT2D eigenvalue weighted by atomic mass is 19.1. The van der Waals surface area contributed by atoms with Gasteiger partial charge in [0.25, 0.3) is 0 Å². The van der Waals surface area contributed by atoms with E-state index in [9.17, 15) is 4.39 Å². The molecule has 1 aromatic heterocycles. The van der Waals surface area contributed by atoms with Gasteiger partial charge in [-0.15, -0.1) is 0 Å². The van der Waals surface area contributed by atoms with E-state index in [-0.39, 0.29) is 11.9 Å². The molecule has 4 rings (SSSR count). The number of anilines is 3. The molecule has 0 amide bonds. The summed E-state index contributed by atoms with van der Waals surface area (Å²) in [6.07, 6.45) is 2.47. The first-order chi connectivity index (χ1) is 12.2. The molecule has 1 aliphatic heterocycles. The molecule has 6 heteroatoms. The van der Waals surface area contributed by atoms with Crippen LogP contribution in [0.3, 0.4) is 0 Å². The van der Waals surface area contributed by atoms with Crippen molar-refractivity contribution in [3.05, 3.63) is 71.8 Å². The molecule has 25 heavy (non-hydrogen) atoms. The predicted octanol–water partition coefficient (Wildman–Crippen LogP) is 3.71. The van der Waals surface area contributed by atoms with E-state index >= 15 is 0 Å². The van der Waals surface area contributed by atoms with Gasteiger partial charge in [0.1, 0.15) is 12.1 Å². The lowest BCUT2D eigenvalue weighted by Crippen LogP contribution is -2.26. The number of nitrogens with zero attached hydrogens (tertiary/aromatic N) is 4. The van der Waals surface area contributed by atoms with Crippen molar-refractivity contribution in [1.82, 2.24) is 15.0 Å². The molecular formula is C19H18FN5. The number of nitrogens with one attached hydrogen (secondary N) is 1. The molecule has 0 spiro atoms. The second kappa shape index (κ2) is 6.47. The monoisotopic (exact) mass is 335 g/mol. The maximum atomic E-state index is 13.3. The van der Waals surface area contributed by atoms with E-state index in [1.54, 1.807) is 6.07 Å². The van der Waals surface area contributed by atoms with Gasteiger partial charge in [-0.2, -0.15) is 4.98 Å². The van der Waals surface area contributed by atoms with Gasteiger partial charge in [-0.25, -0.2) is 14.4 Å². The Kier molecular flexibility index (Phi) is 4.01. The standard InChI is InChI=1S/C19H18FN5/c1-13-9-15-6-2-3-8-17(15)25(13)19-23-12-22-18(24-19)21-11-14-5-4-7-16(20)10-14/h2-8,10,12-13H,9,11H2,1H3,(H,21,22,23,24). The molecule has 1 aliphatic rings. The van der Waals surface area contributed by atoms with E-state index in [0.29, 0.717) is 18.4 Å². The van der Waals surface area contributed by atoms with E-state index < -0.39 is 0 Å². The second-order valence-corrected chi connectivity index (χ2v) is 6.14. The molecule has 5 nitrogen and oxygen atoms in total. The summed E-state index contributed by atoms with van der Waals surface area (Å²) in [6, 6.07) is 15.0. The highest BCUT2D eigenvalue weighted by Gasteiger charge is 2.28. The number of aromatic nitrogens is 3. The van der Waals surface area contributed by atoms with Gasteiger partial charge in [0.15, 0.2) is 0 Å². The van der Waals surface area contributed by atoms with Crippen molar-refractivity contribution in [3.8, 4) is 0 Å². The Hall–Kier alpha value is -3.02. The van der Waals surface area contributed by atoms with Crippen molar-refractivity contribution in [1.29, 1.82) is 0 Å². The minimum atomic E-state index is -0.252. The lowest BCUT2D eigenvalue weighted by atomic mass is 10.1. The normalized spacial score (nSPS) is 15.9. The number of hydrogen-bond acceptors (Lipinski definition) is 5. The Balaban J connectivity index is 1.56. The summed E-state index contributed by atoms with van der Waals surface area (Å²) in [6.45, 7) is 2.61. The summed E-state index contributed by atoms with van der Waals surface area (Å²) >= 11 is 0. The van der Waals surface area contributed by atoms with Gasteiger partial charge in [0.2, 0.25) is 11.9 Å². The number of para-hydroxylation sites is 1. The molecule has 0 bridgehead atoms. The number of halogens is 1. The lowest BCUT2D eigenvalue weighted by molar-refractivity contribution is 0.626. The highest BCUT2D eigenvalue weighted by Crippen LogP contribution is 2.36. The molecule has 2 heterocycles. The fourth-order valence-corrected chi connectivity index (χ4v) is 3.19. The smallest absolute Gasteiger partial charge is 0.234 e. The zero-order valence-corrected chi connectivity index (χ0v) is 13.9. The fraction of sp³-hybridized carbons (Fsp3) is 0.211. The van der Waals surface area contributed by atoms with Gasteiger partial charge in [-0.1, -0.05) is 30.3 Å². The maximum absolute atomic E-state index is 13.3. The topological polar surface area (TPSA) is 53.9 Å². The lowest BCUT2D eigenvalue weighted by Gasteiger charge is -2.22. The minimum Gasteiger partial charge on any atom is -0.350 e. The average Bonchev–Trinajstić information content (AvgIpc) is 2.96.